The van der Waals surface area contributed by atoms with Crippen LogP contribution >= 0.6 is 22.9 Å². The summed E-state index contributed by atoms with van der Waals surface area (Å²) in [7, 11) is 0. The lowest BCUT2D eigenvalue weighted by molar-refractivity contribution is -0.128. The first-order valence-corrected chi connectivity index (χ1v) is 8.82. The maximum atomic E-state index is 12.3. The number of nitrogens with zero attached hydrogens (tertiary/aromatic N) is 1. The molecule has 0 unspecified atom stereocenters. The van der Waals surface area contributed by atoms with E-state index in [0.717, 1.165) is 10.9 Å². The van der Waals surface area contributed by atoms with Crippen molar-refractivity contribution in [2.45, 2.75) is 33.3 Å². The van der Waals surface area contributed by atoms with Gasteiger partial charge in [0.15, 0.2) is 10.7 Å². The fourth-order valence-corrected chi connectivity index (χ4v) is 2.80. The fraction of sp³-hybridized carbons (Fsp3) is 0.294. The van der Waals surface area contributed by atoms with Gasteiger partial charge in [-0.05, 0) is 38.1 Å². The average molecular weight is 366 g/mol. The highest BCUT2D eigenvalue weighted by Crippen LogP contribution is 2.26. The van der Waals surface area contributed by atoms with Crippen molar-refractivity contribution in [3.05, 3.63) is 41.0 Å². The van der Waals surface area contributed by atoms with E-state index < -0.39 is 5.60 Å². The first-order chi connectivity index (χ1) is 11.4. The number of nitrogens with one attached hydrogen (secondary N) is 2. The largest absolute Gasteiger partial charge is 0.478 e. The van der Waals surface area contributed by atoms with E-state index in [1.165, 1.54) is 17.5 Å². The molecule has 3 aromatic rings. The quantitative estimate of drug-likeness (QED) is 0.675. The fourth-order valence-electron chi connectivity index (χ4n) is 2.00. The highest BCUT2D eigenvalue weighted by molar-refractivity contribution is 7.19. The van der Waals surface area contributed by atoms with Crippen LogP contribution < -0.4 is 10.1 Å². The summed E-state index contributed by atoms with van der Waals surface area (Å²) in [5.74, 6) is 0.345. The van der Waals surface area contributed by atoms with Crippen LogP contribution in [0.3, 0.4) is 0 Å². The van der Waals surface area contributed by atoms with Crippen molar-refractivity contribution in [2.75, 3.05) is 5.32 Å². The van der Waals surface area contributed by atoms with Gasteiger partial charge in [-0.25, -0.2) is 4.98 Å². The SMILES string of the molecule is CC.CC(C)(Oc1ccc2[nH]ccc2c1)C(=O)Nc1ncc(Cl)s1. The van der Waals surface area contributed by atoms with E-state index in [0.29, 0.717) is 15.2 Å². The van der Waals surface area contributed by atoms with Crippen molar-refractivity contribution in [3.8, 4) is 5.75 Å². The van der Waals surface area contributed by atoms with E-state index >= 15 is 0 Å². The summed E-state index contributed by atoms with van der Waals surface area (Å²) in [6.07, 6.45) is 3.36. The predicted octanol–water partition coefficient (Wildman–Crippen LogP) is 5.10. The third-order valence-electron chi connectivity index (χ3n) is 3.14. The zero-order valence-corrected chi connectivity index (χ0v) is 15.6. The smallest absolute Gasteiger partial charge is 0.269 e. The number of hydrogen-bond acceptors (Lipinski definition) is 4. The Labute approximate surface area is 150 Å². The molecular weight excluding hydrogens is 346 g/mol. The van der Waals surface area contributed by atoms with Gasteiger partial charge >= 0.3 is 0 Å². The number of hydrogen-bond donors (Lipinski definition) is 2. The normalized spacial score (nSPS) is 10.9. The van der Waals surface area contributed by atoms with E-state index in [9.17, 15) is 4.79 Å². The molecule has 1 amide bonds. The Kier molecular flexibility index (Phi) is 5.85. The Hall–Kier alpha value is -2.05. The molecule has 0 aliphatic carbocycles. The summed E-state index contributed by atoms with van der Waals surface area (Å²) >= 11 is 7.01. The van der Waals surface area contributed by atoms with Gasteiger partial charge in [-0.3, -0.25) is 10.1 Å². The molecule has 0 saturated heterocycles. The maximum Gasteiger partial charge on any atom is 0.269 e. The Bertz CT molecular complexity index is 826. The standard InChI is InChI=1S/C15H14ClN3O2S.C2H6/c1-15(2,13(20)19-14-18-8-12(16)22-14)21-10-3-4-11-9(7-10)5-6-17-11;1-2/h3-8,17H,1-2H3,(H,18,19,20);1-2H3. The molecule has 7 heteroatoms. The third kappa shape index (κ3) is 4.27. The summed E-state index contributed by atoms with van der Waals surface area (Å²) in [4.78, 5) is 19.5. The number of amides is 1. The molecule has 0 aliphatic heterocycles. The minimum atomic E-state index is -1.04. The van der Waals surface area contributed by atoms with Crippen LogP contribution in [0.1, 0.15) is 27.7 Å². The number of carbonyl (C=O) groups excluding carboxylic acids is 1. The van der Waals surface area contributed by atoms with E-state index in [2.05, 4.69) is 15.3 Å². The highest BCUT2D eigenvalue weighted by atomic mass is 35.5. The molecule has 3 rings (SSSR count). The Morgan fingerprint density at radius 1 is 1.33 bits per heavy atom. The minimum Gasteiger partial charge on any atom is -0.478 e. The van der Waals surface area contributed by atoms with Crippen LogP contribution in [-0.2, 0) is 4.79 Å². The number of benzene rings is 1. The van der Waals surface area contributed by atoms with Crippen LogP contribution in [0, 0.1) is 0 Å². The lowest BCUT2D eigenvalue weighted by atomic mass is 10.1. The van der Waals surface area contributed by atoms with Crippen molar-refractivity contribution >= 4 is 44.9 Å². The number of thiazole rings is 1. The number of aromatic nitrogens is 2. The van der Waals surface area contributed by atoms with E-state index in [-0.39, 0.29) is 5.91 Å². The maximum absolute atomic E-state index is 12.3. The average Bonchev–Trinajstić information content (AvgIpc) is 3.17. The van der Waals surface area contributed by atoms with Gasteiger partial charge < -0.3 is 9.72 Å². The van der Waals surface area contributed by atoms with Crippen molar-refractivity contribution in [1.82, 2.24) is 9.97 Å². The van der Waals surface area contributed by atoms with Crippen molar-refractivity contribution in [1.29, 1.82) is 0 Å². The molecular formula is C17H20ClN3O2S. The molecule has 0 spiro atoms. The molecule has 5 nitrogen and oxygen atoms in total. The monoisotopic (exact) mass is 365 g/mol. The van der Waals surface area contributed by atoms with Gasteiger partial charge in [0.1, 0.15) is 10.1 Å². The summed E-state index contributed by atoms with van der Waals surface area (Å²) in [6, 6.07) is 7.58. The van der Waals surface area contributed by atoms with Gasteiger partial charge in [0.05, 0.1) is 6.20 Å². The van der Waals surface area contributed by atoms with Crippen LogP contribution in [0.2, 0.25) is 4.34 Å². The van der Waals surface area contributed by atoms with Crippen molar-refractivity contribution in [2.24, 2.45) is 0 Å². The van der Waals surface area contributed by atoms with Gasteiger partial charge in [0.2, 0.25) is 0 Å². The van der Waals surface area contributed by atoms with Gasteiger partial charge in [0, 0.05) is 17.1 Å². The zero-order valence-electron chi connectivity index (χ0n) is 14.0. The molecule has 24 heavy (non-hydrogen) atoms. The second-order valence-electron chi connectivity index (χ2n) is 5.26. The molecule has 0 saturated carbocycles. The summed E-state index contributed by atoms with van der Waals surface area (Å²) in [5.41, 5.74) is -0.0192. The summed E-state index contributed by atoms with van der Waals surface area (Å²) < 4.78 is 6.36. The van der Waals surface area contributed by atoms with Gasteiger partial charge in [-0.2, -0.15) is 0 Å². The molecule has 2 aromatic heterocycles. The second kappa shape index (κ2) is 7.68. The van der Waals surface area contributed by atoms with Gasteiger partial charge in [0.25, 0.3) is 5.91 Å². The van der Waals surface area contributed by atoms with Gasteiger partial charge in [-0.15, -0.1) is 0 Å². The lowest BCUT2D eigenvalue weighted by Gasteiger charge is -2.24. The number of H-pyrrole nitrogens is 1. The summed E-state index contributed by atoms with van der Waals surface area (Å²) in [5, 5.41) is 4.19. The number of halogens is 1. The van der Waals surface area contributed by atoms with Crippen LogP contribution in [0.4, 0.5) is 5.13 Å². The van der Waals surface area contributed by atoms with Crippen molar-refractivity contribution < 1.29 is 9.53 Å². The topological polar surface area (TPSA) is 67.0 Å². The molecule has 0 bridgehead atoms. The molecule has 0 aliphatic rings. The highest BCUT2D eigenvalue weighted by Gasteiger charge is 2.30. The zero-order chi connectivity index (χ0) is 17.7. The number of carbonyl (C=O) groups is 1. The Morgan fingerprint density at radius 3 is 2.75 bits per heavy atom. The van der Waals surface area contributed by atoms with Crippen LogP contribution in [0.15, 0.2) is 36.7 Å². The van der Waals surface area contributed by atoms with E-state index in [1.807, 2.05) is 44.3 Å². The van der Waals surface area contributed by atoms with Gasteiger partial charge in [-0.1, -0.05) is 36.8 Å². The molecule has 2 heterocycles. The number of ether oxygens (including phenoxy) is 1. The van der Waals surface area contributed by atoms with Crippen LogP contribution in [-0.4, -0.2) is 21.5 Å². The van der Waals surface area contributed by atoms with E-state index in [1.54, 1.807) is 13.8 Å². The lowest BCUT2D eigenvalue weighted by Crippen LogP contribution is -2.42. The molecule has 0 radical (unpaired) electrons. The Balaban J connectivity index is 0.00000100. The van der Waals surface area contributed by atoms with E-state index in [4.69, 9.17) is 16.3 Å². The third-order valence-corrected chi connectivity index (χ3v) is 4.17. The van der Waals surface area contributed by atoms with Crippen molar-refractivity contribution in [3.63, 3.8) is 0 Å². The number of anilines is 1. The molecule has 0 fully saturated rings. The van der Waals surface area contributed by atoms with Crippen LogP contribution in [0.25, 0.3) is 10.9 Å². The minimum absolute atomic E-state index is 0.285. The molecule has 0 atom stereocenters. The number of aromatic amines is 1. The predicted molar refractivity (Wildman–Crippen MR) is 100 cm³/mol. The first kappa shape index (κ1) is 18.3. The van der Waals surface area contributed by atoms with Crippen LogP contribution in [0.5, 0.6) is 5.75 Å². The molecule has 128 valence electrons. The molecule has 2 N–H and O–H groups in total. The number of fused-ring (bicyclic) bond motifs is 1. The number of rotatable bonds is 4. The Morgan fingerprint density at radius 2 is 2.08 bits per heavy atom. The molecule has 1 aromatic carbocycles. The summed E-state index contributed by atoms with van der Waals surface area (Å²) in [6.45, 7) is 7.41. The second-order valence-corrected chi connectivity index (χ2v) is 6.92. The first-order valence-electron chi connectivity index (χ1n) is 7.63.